The number of alkyl halides is 3. The standard InChI is InChI=1S/C15H18F3NO4/c1-10(8-15(16,17)18)7-12(13(20)21)19-14(22)23-9-11-5-3-2-4-6-11/h2-6,10,12H,7-9H2,1H3,(H,19,22)(H,20,21). The van der Waals surface area contributed by atoms with Gasteiger partial charge in [0.25, 0.3) is 0 Å². The molecule has 0 heterocycles. The maximum atomic E-state index is 12.3. The molecule has 0 bridgehead atoms. The molecule has 1 aromatic rings. The fourth-order valence-corrected chi connectivity index (χ4v) is 2.01. The van der Waals surface area contributed by atoms with E-state index < -0.39 is 36.6 Å². The smallest absolute Gasteiger partial charge is 0.408 e. The molecule has 0 radical (unpaired) electrons. The molecule has 0 aliphatic rings. The molecule has 5 nitrogen and oxygen atoms in total. The van der Waals surface area contributed by atoms with Gasteiger partial charge in [0.2, 0.25) is 0 Å². The Bertz CT molecular complexity index is 519. The van der Waals surface area contributed by atoms with Crippen LogP contribution in [0.15, 0.2) is 30.3 Å². The number of hydrogen-bond acceptors (Lipinski definition) is 3. The van der Waals surface area contributed by atoms with Crippen molar-refractivity contribution >= 4 is 12.1 Å². The lowest BCUT2D eigenvalue weighted by molar-refractivity contribution is -0.148. The van der Waals surface area contributed by atoms with Gasteiger partial charge >= 0.3 is 18.2 Å². The molecule has 0 aromatic heterocycles. The van der Waals surface area contributed by atoms with Crippen LogP contribution in [0.4, 0.5) is 18.0 Å². The second-order valence-electron chi connectivity index (χ2n) is 5.26. The van der Waals surface area contributed by atoms with Crippen molar-refractivity contribution in [2.45, 2.75) is 38.6 Å². The summed E-state index contributed by atoms with van der Waals surface area (Å²) in [5.41, 5.74) is 0.708. The van der Waals surface area contributed by atoms with Crippen LogP contribution in [-0.4, -0.2) is 29.4 Å². The highest BCUT2D eigenvalue weighted by molar-refractivity contribution is 5.79. The average Bonchev–Trinajstić information content (AvgIpc) is 2.43. The van der Waals surface area contributed by atoms with Gasteiger partial charge in [0.1, 0.15) is 12.6 Å². The molecule has 0 fully saturated rings. The summed E-state index contributed by atoms with van der Waals surface area (Å²) >= 11 is 0. The van der Waals surface area contributed by atoms with E-state index in [2.05, 4.69) is 5.32 Å². The van der Waals surface area contributed by atoms with Crippen molar-refractivity contribution in [1.29, 1.82) is 0 Å². The molecular formula is C15H18F3NO4. The average molecular weight is 333 g/mol. The van der Waals surface area contributed by atoms with Gasteiger partial charge in [0, 0.05) is 6.42 Å². The molecule has 0 aliphatic carbocycles. The first-order valence-corrected chi connectivity index (χ1v) is 6.94. The van der Waals surface area contributed by atoms with Gasteiger partial charge in [-0.15, -0.1) is 0 Å². The topological polar surface area (TPSA) is 75.6 Å². The maximum absolute atomic E-state index is 12.3. The number of hydrogen-bond donors (Lipinski definition) is 2. The fourth-order valence-electron chi connectivity index (χ4n) is 2.01. The van der Waals surface area contributed by atoms with Crippen LogP contribution in [0, 0.1) is 5.92 Å². The van der Waals surface area contributed by atoms with Gasteiger partial charge in [-0.2, -0.15) is 13.2 Å². The fraction of sp³-hybridized carbons (Fsp3) is 0.467. The lowest BCUT2D eigenvalue weighted by Crippen LogP contribution is -2.42. The number of ether oxygens (including phenoxy) is 1. The van der Waals surface area contributed by atoms with Gasteiger partial charge in [0.15, 0.2) is 0 Å². The van der Waals surface area contributed by atoms with Gasteiger partial charge in [-0.1, -0.05) is 37.3 Å². The van der Waals surface area contributed by atoms with E-state index in [4.69, 9.17) is 9.84 Å². The lowest BCUT2D eigenvalue weighted by atomic mass is 9.98. The first kappa shape index (κ1) is 18.8. The SMILES string of the molecule is CC(CC(NC(=O)OCc1ccccc1)C(=O)O)CC(F)(F)F. The Balaban J connectivity index is 2.48. The van der Waals surface area contributed by atoms with Crippen molar-refractivity contribution in [2.24, 2.45) is 5.92 Å². The van der Waals surface area contributed by atoms with Gasteiger partial charge in [-0.25, -0.2) is 9.59 Å². The number of nitrogens with one attached hydrogen (secondary N) is 1. The summed E-state index contributed by atoms with van der Waals surface area (Å²) in [6.45, 7) is 1.22. The molecule has 8 heteroatoms. The maximum Gasteiger partial charge on any atom is 0.408 e. The number of alkyl carbamates (subject to hydrolysis) is 1. The molecule has 0 saturated carbocycles. The summed E-state index contributed by atoms with van der Waals surface area (Å²) < 4.78 is 41.7. The van der Waals surface area contributed by atoms with Crippen LogP contribution in [0.1, 0.15) is 25.3 Å². The molecule has 0 saturated heterocycles. The molecule has 2 unspecified atom stereocenters. The third kappa shape index (κ3) is 8.08. The second kappa shape index (κ2) is 8.40. The van der Waals surface area contributed by atoms with Gasteiger partial charge in [-0.3, -0.25) is 0 Å². The minimum Gasteiger partial charge on any atom is -0.480 e. The van der Waals surface area contributed by atoms with E-state index in [1.165, 1.54) is 6.92 Å². The summed E-state index contributed by atoms with van der Waals surface area (Å²) in [4.78, 5) is 22.6. The van der Waals surface area contributed by atoms with Crippen molar-refractivity contribution in [2.75, 3.05) is 0 Å². The molecule has 0 aliphatic heterocycles. The van der Waals surface area contributed by atoms with Crippen LogP contribution in [0.5, 0.6) is 0 Å². The minimum atomic E-state index is -4.38. The van der Waals surface area contributed by atoms with E-state index in [9.17, 15) is 22.8 Å². The van der Waals surface area contributed by atoms with Crippen LogP contribution < -0.4 is 5.32 Å². The highest BCUT2D eigenvalue weighted by atomic mass is 19.4. The third-order valence-corrected chi connectivity index (χ3v) is 3.02. The number of rotatable bonds is 7. The zero-order valence-electron chi connectivity index (χ0n) is 12.5. The molecule has 2 atom stereocenters. The normalized spacial score (nSPS) is 13.9. The highest BCUT2D eigenvalue weighted by Crippen LogP contribution is 2.27. The second-order valence-corrected chi connectivity index (χ2v) is 5.26. The molecule has 1 amide bonds. The first-order chi connectivity index (χ1) is 10.7. The summed E-state index contributed by atoms with van der Waals surface area (Å²) in [5.74, 6) is -2.35. The van der Waals surface area contributed by atoms with Crippen molar-refractivity contribution in [3.05, 3.63) is 35.9 Å². The number of carboxylic acid groups (broad SMARTS) is 1. The number of halogens is 3. The first-order valence-electron chi connectivity index (χ1n) is 6.94. The Morgan fingerprint density at radius 3 is 2.39 bits per heavy atom. The van der Waals surface area contributed by atoms with Crippen LogP contribution >= 0.6 is 0 Å². The number of carbonyl (C=O) groups is 2. The van der Waals surface area contributed by atoms with E-state index in [-0.39, 0.29) is 13.0 Å². The molecule has 2 N–H and O–H groups in total. The number of carboxylic acids is 1. The van der Waals surface area contributed by atoms with Crippen LogP contribution in [0.2, 0.25) is 0 Å². The van der Waals surface area contributed by atoms with E-state index >= 15 is 0 Å². The number of amides is 1. The van der Waals surface area contributed by atoms with E-state index in [0.717, 1.165) is 0 Å². The zero-order chi connectivity index (χ0) is 17.5. The Morgan fingerprint density at radius 1 is 1.26 bits per heavy atom. The summed E-state index contributed by atoms with van der Waals surface area (Å²) in [5, 5.41) is 11.1. The monoisotopic (exact) mass is 333 g/mol. The van der Waals surface area contributed by atoms with E-state index in [1.54, 1.807) is 30.3 Å². The Morgan fingerprint density at radius 2 is 1.87 bits per heavy atom. The quantitative estimate of drug-likeness (QED) is 0.802. The zero-order valence-corrected chi connectivity index (χ0v) is 12.5. The van der Waals surface area contributed by atoms with E-state index in [0.29, 0.717) is 5.56 Å². The number of aliphatic carboxylic acids is 1. The van der Waals surface area contributed by atoms with Gasteiger partial charge < -0.3 is 15.2 Å². The summed E-state index contributed by atoms with van der Waals surface area (Å²) in [7, 11) is 0. The Hall–Kier alpha value is -2.25. The molecule has 1 rings (SSSR count). The van der Waals surface area contributed by atoms with Gasteiger partial charge in [0.05, 0.1) is 0 Å². The summed E-state index contributed by atoms with van der Waals surface area (Å²) in [6.07, 6.45) is -6.82. The van der Waals surface area contributed by atoms with Crippen molar-refractivity contribution < 1.29 is 32.6 Å². The predicted molar refractivity (Wildman–Crippen MR) is 75.6 cm³/mol. The molecule has 0 spiro atoms. The third-order valence-electron chi connectivity index (χ3n) is 3.02. The van der Waals surface area contributed by atoms with E-state index in [1.807, 2.05) is 0 Å². The number of carbonyl (C=O) groups excluding carboxylic acids is 1. The van der Waals surface area contributed by atoms with Crippen LogP contribution in [0.3, 0.4) is 0 Å². The molecule has 23 heavy (non-hydrogen) atoms. The highest BCUT2D eigenvalue weighted by Gasteiger charge is 2.32. The van der Waals surface area contributed by atoms with Crippen molar-refractivity contribution in [1.82, 2.24) is 5.32 Å². The van der Waals surface area contributed by atoms with Crippen LogP contribution in [-0.2, 0) is 16.1 Å². The Kier molecular flexibility index (Phi) is 6.87. The van der Waals surface area contributed by atoms with Gasteiger partial charge in [-0.05, 0) is 17.9 Å². The molecule has 128 valence electrons. The minimum absolute atomic E-state index is 0.0584. The Labute approximate surface area is 131 Å². The van der Waals surface area contributed by atoms with Crippen molar-refractivity contribution in [3.8, 4) is 0 Å². The van der Waals surface area contributed by atoms with Crippen molar-refractivity contribution in [3.63, 3.8) is 0 Å². The lowest BCUT2D eigenvalue weighted by Gasteiger charge is -2.19. The molecule has 1 aromatic carbocycles. The largest absolute Gasteiger partial charge is 0.480 e. The number of benzene rings is 1. The van der Waals surface area contributed by atoms with Crippen LogP contribution in [0.25, 0.3) is 0 Å². The molecular weight excluding hydrogens is 315 g/mol. The summed E-state index contributed by atoms with van der Waals surface area (Å²) in [6, 6.07) is 7.27. The predicted octanol–water partition coefficient (Wildman–Crippen LogP) is 3.34.